The molecule has 2 N–H and O–H groups in total. The van der Waals surface area contributed by atoms with Crippen LogP contribution in [0.15, 0.2) is 41.6 Å². The second kappa shape index (κ2) is 9.55. The van der Waals surface area contributed by atoms with E-state index < -0.39 is 0 Å². The molecule has 7 rings (SSSR count). The van der Waals surface area contributed by atoms with Gasteiger partial charge in [0.2, 0.25) is 0 Å². The van der Waals surface area contributed by atoms with Gasteiger partial charge in [-0.1, -0.05) is 58.4 Å². The SMILES string of the molecule is CC(C)C1=C2C3CCC4C(C)(CCC5C(C)C(O)CCC54C)C3CCC2(c2ncc(-c3ccc(Cl)cc3)[nH]2)CC1=O. The van der Waals surface area contributed by atoms with Crippen LogP contribution in [0.2, 0.25) is 5.02 Å². The molecule has 4 nitrogen and oxygen atoms in total. The molecular formula is C36H47ClN2O2. The molecule has 1 aromatic carbocycles. The number of carbonyl (C=O) groups is 1. The minimum atomic E-state index is -0.309. The first-order chi connectivity index (χ1) is 19.5. The molecule has 41 heavy (non-hydrogen) atoms. The Morgan fingerprint density at radius 2 is 1.66 bits per heavy atom. The summed E-state index contributed by atoms with van der Waals surface area (Å²) < 4.78 is 0. The number of hydrogen-bond acceptors (Lipinski definition) is 3. The number of nitrogens with zero attached hydrogens (tertiary/aromatic N) is 1. The maximum Gasteiger partial charge on any atom is 0.160 e. The van der Waals surface area contributed by atoms with E-state index in [0.29, 0.717) is 47.2 Å². The van der Waals surface area contributed by atoms with Crippen molar-refractivity contribution in [1.29, 1.82) is 0 Å². The number of hydrogen-bond donors (Lipinski definition) is 2. The number of aromatic nitrogens is 2. The number of allylic oxidation sites excluding steroid dienone is 2. The summed E-state index contributed by atoms with van der Waals surface area (Å²) >= 11 is 6.16. The van der Waals surface area contributed by atoms with Crippen LogP contribution in [0.5, 0.6) is 0 Å². The number of ketones is 1. The number of Topliss-reactive ketones (excluding diaryl/α,β-unsaturated/α-hetero) is 1. The molecule has 9 atom stereocenters. The molecule has 5 aliphatic carbocycles. The molecule has 220 valence electrons. The minimum absolute atomic E-state index is 0.140. The maximum absolute atomic E-state index is 13.9. The van der Waals surface area contributed by atoms with Crippen LogP contribution in [-0.4, -0.2) is 27.0 Å². The van der Waals surface area contributed by atoms with E-state index in [0.717, 1.165) is 53.4 Å². The number of aromatic amines is 1. The quantitative estimate of drug-likeness (QED) is 0.386. The Morgan fingerprint density at radius 3 is 2.39 bits per heavy atom. The third-order valence-electron chi connectivity index (χ3n) is 13.3. The van der Waals surface area contributed by atoms with Gasteiger partial charge in [-0.25, -0.2) is 4.98 Å². The molecule has 0 saturated heterocycles. The molecular weight excluding hydrogens is 528 g/mol. The Hall–Kier alpha value is -1.91. The molecule has 0 radical (unpaired) electrons. The van der Waals surface area contributed by atoms with Crippen LogP contribution >= 0.6 is 11.6 Å². The van der Waals surface area contributed by atoms with E-state index in [1.165, 1.54) is 31.3 Å². The van der Waals surface area contributed by atoms with Crippen LogP contribution in [0.4, 0.5) is 0 Å². The van der Waals surface area contributed by atoms with Crippen molar-refractivity contribution in [2.45, 2.75) is 104 Å². The predicted octanol–water partition coefficient (Wildman–Crippen LogP) is 8.54. The van der Waals surface area contributed by atoms with Gasteiger partial charge in [0.15, 0.2) is 5.78 Å². The van der Waals surface area contributed by atoms with Crippen molar-refractivity contribution < 1.29 is 9.90 Å². The van der Waals surface area contributed by atoms with Crippen molar-refractivity contribution in [1.82, 2.24) is 9.97 Å². The van der Waals surface area contributed by atoms with Gasteiger partial charge in [0, 0.05) is 11.4 Å². The highest BCUT2D eigenvalue weighted by Crippen LogP contribution is 2.71. The normalized spacial score (nSPS) is 42.1. The maximum atomic E-state index is 13.9. The van der Waals surface area contributed by atoms with Crippen molar-refractivity contribution in [3.05, 3.63) is 52.5 Å². The van der Waals surface area contributed by atoms with Crippen LogP contribution in [-0.2, 0) is 10.2 Å². The first-order valence-electron chi connectivity index (χ1n) is 16.3. The molecule has 4 saturated carbocycles. The number of aliphatic hydroxyl groups is 1. The van der Waals surface area contributed by atoms with Gasteiger partial charge in [-0.05, 0) is 127 Å². The second-order valence-electron chi connectivity index (χ2n) is 15.3. The lowest BCUT2D eigenvalue weighted by atomic mass is 9.38. The van der Waals surface area contributed by atoms with Gasteiger partial charge in [0.05, 0.1) is 23.4 Å². The standard InChI is InChI=1S/C36H47ClN2O2/c1-20(2)31-29(41)18-36(33-38-19-27(39-33)22-6-8-23(37)9-7-22)17-13-26-24(32(31)36)10-11-30-34(4)16-14-28(40)21(3)25(34)12-15-35(26,30)5/h6-9,19-21,24-26,28,30,40H,10-18H2,1-5H3,(H,38,39). The zero-order valence-electron chi connectivity index (χ0n) is 25.5. The van der Waals surface area contributed by atoms with Crippen molar-refractivity contribution >= 4 is 17.4 Å². The van der Waals surface area contributed by atoms with Crippen LogP contribution in [0.25, 0.3) is 11.3 Å². The number of benzene rings is 1. The van der Waals surface area contributed by atoms with Gasteiger partial charge in [-0.15, -0.1) is 0 Å². The van der Waals surface area contributed by atoms with E-state index in [9.17, 15) is 9.90 Å². The fourth-order valence-electron chi connectivity index (χ4n) is 11.5. The van der Waals surface area contributed by atoms with Crippen molar-refractivity contribution in [3.8, 4) is 11.3 Å². The van der Waals surface area contributed by atoms with Crippen molar-refractivity contribution in [2.75, 3.05) is 0 Å². The zero-order valence-corrected chi connectivity index (χ0v) is 26.2. The number of rotatable bonds is 3. The van der Waals surface area contributed by atoms with Crippen LogP contribution < -0.4 is 0 Å². The van der Waals surface area contributed by atoms with Crippen LogP contribution in [0, 0.1) is 46.3 Å². The van der Waals surface area contributed by atoms with E-state index >= 15 is 0 Å². The summed E-state index contributed by atoms with van der Waals surface area (Å²) in [7, 11) is 0. The molecule has 0 bridgehead atoms. The summed E-state index contributed by atoms with van der Waals surface area (Å²) in [4.78, 5) is 22.6. The minimum Gasteiger partial charge on any atom is -0.393 e. The molecule has 5 aliphatic rings. The number of carbonyl (C=O) groups excluding carboxylic acids is 1. The Kier molecular flexibility index (Phi) is 6.49. The van der Waals surface area contributed by atoms with Gasteiger partial charge >= 0.3 is 0 Å². The monoisotopic (exact) mass is 574 g/mol. The third kappa shape index (κ3) is 3.88. The van der Waals surface area contributed by atoms with Crippen molar-refractivity contribution in [2.24, 2.45) is 46.3 Å². The van der Waals surface area contributed by atoms with Gasteiger partial charge in [-0.3, -0.25) is 4.79 Å². The van der Waals surface area contributed by atoms with Crippen LogP contribution in [0.1, 0.15) is 98.2 Å². The van der Waals surface area contributed by atoms with Crippen molar-refractivity contribution in [3.63, 3.8) is 0 Å². The van der Waals surface area contributed by atoms with Gasteiger partial charge < -0.3 is 10.1 Å². The first kappa shape index (κ1) is 27.9. The summed E-state index contributed by atoms with van der Waals surface area (Å²) in [6.45, 7) is 11.9. The van der Waals surface area contributed by atoms with Gasteiger partial charge in [-0.2, -0.15) is 0 Å². The lowest BCUT2D eigenvalue weighted by Gasteiger charge is -2.67. The van der Waals surface area contributed by atoms with E-state index in [1.54, 1.807) is 0 Å². The number of halogens is 1. The van der Waals surface area contributed by atoms with Crippen LogP contribution in [0.3, 0.4) is 0 Å². The van der Waals surface area contributed by atoms with E-state index in [4.69, 9.17) is 16.6 Å². The fraction of sp³-hybridized carbons (Fsp3) is 0.667. The number of fused-ring (bicyclic) bond motifs is 7. The Morgan fingerprint density at radius 1 is 0.976 bits per heavy atom. The average Bonchev–Trinajstić information content (AvgIpc) is 3.55. The molecule has 1 aromatic heterocycles. The number of nitrogens with one attached hydrogen (secondary N) is 1. The summed E-state index contributed by atoms with van der Waals surface area (Å²) in [5.41, 5.74) is 4.90. The molecule has 0 aliphatic heterocycles. The summed E-state index contributed by atoms with van der Waals surface area (Å²) in [6, 6.07) is 7.91. The molecule has 2 aromatic rings. The molecule has 4 fully saturated rings. The smallest absolute Gasteiger partial charge is 0.160 e. The fourth-order valence-corrected chi connectivity index (χ4v) is 11.7. The summed E-state index contributed by atoms with van der Waals surface area (Å²) in [6.07, 6.45) is 11.5. The molecule has 0 amide bonds. The number of imidazole rings is 1. The first-order valence-corrected chi connectivity index (χ1v) is 16.6. The largest absolute Gasteiger partial charge is 0.393 e. The average molecular weight is 575 g/mol. The van der Waals surface area contributed by atoms with E-state index in [-0.39, 0.29) is 22.9 Å². The molecule has 5 heteroatoms. The van der Waals surface area contributed by atoms with Gasteiger partial charge in [0.1, 0.15) is 5.82 Å². The van der Waals surface area contributed by atoms with E-state index in [1.807, 2.05) is 30.5 Å². The Labute approximate surface area is 250 Å². The molecule has 0 spiro atoms. The topological polar surface area (TPSA) is 66.0 Å². The Balaban J connectivity index is 1.28. The summed E-state index contributed by atoms with van der Waals surface area (Å²) in [5.74, 6) is 4.32. The lowest BCUT2D eigenvalue weighted by molar-refractivity contribution is -0.177. The number of H-pyrrole nitrogens is 1. The zero-order chi connectivity index (χ0) is 28.9. The Bertz CT molecular complexity index is 1390. The third-order valence-corrected chi connectivity index (χ3v) is 13.6. The molecule has 1 heterocycles. The lowest BCUT2D eigenvalue weighted by Crippen LogP contribution is -2.60. The number of aliphatic hydroxyl groups excluding tert-OH is 1. The highest BCUT2D eigenvalue weighted by atomic mass is 35.5. The molecule has 9 unspecified atom stereocenters. The second-order valence-corrected chi connectivity index (χ2v) is 15.8. The van der Waals surface area contributed by atoms with Gasteiger partial charge in [0.25, 0.3) is 0 Å². The van der Waals surface area contributed by atoms with E-state index in [2.05, 4.69) is 39.6 Å². The summed E-state index contributed by atoms with van der Waals surface area (Å²) in [5, 5.41) is 11.5. The highest BCUT2D eigenvalue weighted by molar-refractivity contribution is 6.30. The highest BCUT2D eigenvalue weighted by Gasteiger charge is 2.65. The predicted molar refractivity (Wildman–Crippen MR) is 164 cm³/mol.